The van der Waals surface area contributed by atoms with E-state index in [-0.39, 0.29) is 5.92 Å². The second-order valence-electron chi connectivity index (χ2n) is 5.12. The topological polar surface area (TPSA) is 86.0 Å². The molecule has 0 aromatic carbocycles. The maximum Gasteiger partial charge on any atom is 0.221 e. The Kier molecular flexibility index (Phi) is 5.08. The highest BCUT2D eigenvalue weighted by atomic mass is 32.1. The third-order valence-corrected chi connectivity index (χ3v) is 4.18. The van der Waals surface area contributed by atoms with Gasteiger partial charge in [-0.3, -0.25) is 0 Å². The highest BCUT2D eigenvalue weighted by Gasteiger charge is 2.14. The molecule has 0 unspecified atom stereocenters. The fraction of sp³-hybridized carbons (Fsp3) is 0.500. The summed E-state index contributed by atoms with van der Waals surface area (Å²) < 4.78 is 5.83. The number of rotatable bonds is 6. The molecule has 2 aromatic rings. The average Bonchev–Trinajstić information content (AvgIpc) is 2.86. The minimum absolute atomic E-state index is 0.212. The predicted molar refractivity (Wildman–Crippen MR) is 84.7 cm³/mol. The van der Waals surface area contributed by atoms with E-state index < -0.39 is 0 Å². The Bertz CT molecular complexity index is 611. The van der Waals surface area contributed by atoms with Gasteiger partial charge in [-0.1, -0.05) is 13.8 Å². The Morgan fingerprint density at radius 1 is 1.33 bits per heavy atom. The Morgan fingerprint density at radius 2 is 2.10 bits per heavy atom. The Morgan fingerprint density at radius 3 is 2.67 bits per heavy atom. The average molecular weight is 307 g/mol. The molecule has 2 heterocycles. The van der Waals surface area contributed by atoms with Crippen LogP contribution in [0.3, 0.4) is 0 Å². The van der Waals surface area contributed by atoms with Crippen LogP contribution in [0.5, 0.6) is 5.88 Å². The van der Waals surface area contributed by atoms with Crippen molar-refractivity contribution in [3.8, 4) is 5.88 Å². The van der Waals surface area contributed by atoms with E-state index in [1.54, 1.807) is 11.3 Å². The Balaban J connectivity index is 2.11. The molecule has 0 spiro atoms. The van der Waals surface area contributed by atoms with Crippen LogP contribution in [0.1, 0.15) is 41.7 Å². The zero-order valence-electron chi connectivity index (χ0n) is 12.8. The maximum absolute atomic E-state index is 5.83. The van der Waals surface area contributed by atoms with E-state index in [0.29, 0.717) is 18.3 Å². The summed E-state index contributed by atoms with van der Waals surface area (Å²) in [4.78, 5) is 14.3. The monoisotopic (exact) mass is 307 g/mol. The molecule has 114 valence electrons. The molecule has 3 N–H and O–H groups in total. The molecule has 0 amide bonds. The second-order valence-corrected chi connectivity index (χ2v) is 6.06. The summed E-state index contributed by atoms with van der Waals surface area (Å²) in [6.45, 7) is 8.54. The summed E-state index contributed by atoms with van der Waals surface area (Å²) >= 11 is 1.65. The molecular weight excluding hydrogens is 286 g/mol. The zero-order valence-corrected chi connectivity index (χ0v) is 13.6. The summed E-state index contributed by atoms with van der Waals surface area (Å²) in [5, 5.41) is 0. The first-order valence-electron chi connectivity index (χ1n) is 6.89. The summed E-state index contributed by atoms with van der Waals surface area (Å²) in [5.41, 5.74) is 6.35. The zero-order chi connectivity index (χ0) is 15.4. The van der Waals surface area contributed by atoms with Crippen molar-refractivity contribution < 1.29 is 4.74 Å². The third-order valence-electron chi connectivity index (χ3n) is 3.18. The van der Waals surface area contributed by atoms with Crippen LogP contribution in [0, 0.1) is 13.8 Å². The minimum atomic E-state index is 0.212. The van der Waals surface area contributed by atoms with Crippen molar-refractivity contribution in [3.63, 3.8) is 0 Å². The number of anilines is 1. The van der Waals surface area contributed by atoms with Gasteiger partial charge >= 0.3 is 0 Å². The molecule has 0 saturated heterocycles. The van der Waals surface area contributed by atoms with Gasteiger partial charge in [0.2, 0.25) is 5.88 Å². The van der Waals surface area contributed by atoms with Crippen molar-refractivity contribution in [2.45, 2.75) is 40.0 Å². The quantitative estimate of drug-likeness (QED) is 0.630. The van der Waals surface area contributed by atoms with E-state index in [9.17, 15) is 0 Å². The van der Waals surface area contributed by atoms with Gasteiger partial charge < -0.3 is 10.2 Å². The first kappa shape index (κ1) is 15.7. The molecule has 0 radical (unpaired) electrons. The first-order valence-corrected chi connectivity index (χ1v) is 7.77. The molecule has 0 aliphatic heterocycles. The van der Waals surface area contributed by atoms with Crippen LogP contribution < -0.4 is 16.0 Å². The van der Waals surface area contributed by atoms with Crippen molar-refractivity contribution in [1.29, 1.82) is 0 Å². The van der Waals surface area contributed by atoms with Gasteiger partial charge in [-0.2, -0.15) is 4.98 Å². The van der Waals surface area contributed by atoms with E-state index in [4.69, 9.17) is 10.6 Å². The smallest absolute Gasteiger partial charge is 0.221 e. The van der Waals surface area contributed by atoms with Crippen molar-refractivity contribution >= 4 is 17.2 Å². The molecule has 0 aliphatic rings. The number of aromatic nitrogens is 3. The number of nitrogen functional groups attached to an aromatic ring is 1. The number of nitrogens with zero attached hydrogens (tertiary/aromatic N) is 3. The van der Waals surface area contributed by atoms with Gasteiger partial charge in [0.1, 0.15) is 11.6 Å². The van der Waals surface area contributed by atoms with Crippen LogP contribution in [0.2, 0.25) is 0 Å². The van der Waals surface area contributed by atoms with Gasteiger partial charge in [0.15, 0.2) is 0 Å². The van der Waals surface area contributed by atoms with E-state index in [1.165, 1.54) is 4.88 Å². The standard InChI is InChI=1S/C14H21N5OS/c1-8(2)12-17-13(19-15)9(3)14(18-12)20-6-5-11-10(4)16-7-21-11/h7-8H,5-6,15H2,1-4H3,(H,17,18,19). The van der Waals surface area contributed by atoms with Crippen molar-refractivity contribution in [3.05, 3.63) is 27.5 Å². The van der Waals surface area contributed by atoms with E-state index >= 15 is 0 Å². The number of hydrogen-bond acceptors (Lipinski definition) is 7. The van der Waals surface area contributed by atoms with Crippen LogP contribution in [0.4, 0.5) is 5.82 Å². The normalized spacial score (nSPS) is 11.0. The van der Waals surface area contributed by atoms with Crippen LogP contribution in [0.25, 0.3) is 0 Å². The fourth-order valence-electron chi connectivity index (χ4n) is 1.86. The van der Waals surface area contributed by atoms with Crippen LogP contribution >= 0.6 is 11.3 Å². The lowest BCUT2D eigenvalue weighted by molar-refractivity contribution is 0.306. The molecule has 7 heteroatoms. The third kappa shape index (κ3) is 3.68. The second kappa shape index (κ2) is 6.82. The van der Waals surface area contributed by atoms with Gasteiger partial charge in [0.25, 0.3) is 0 Å². The van der Waals surface area contributed by atoms with Crippen molar-refractivity contribution in [2.24, 2.45) is 5.84 Å². The number of nitrogens with one attached hydrogen (secondary N) is 1. The molecular formula is C14H21N5OS. The minimum Gasteiger partial charge on any atom is -0.477 e. The molecule has 0 aliphatic carbocycles. The van der Waals surface area contributed by atoms with Gasteiger partial charge in [-0.15, -0.1) is 11.3 Å². The molecule has 2 aromatic heterocycles. The van der Waals surface area contributed by atoms with Crippen molar-refractivity contribution in [1.82, 2.24) is 15.0 Å². The maximum atomic E-state index is 5.83. The van der Waals surface area contributed by atoms with Gasteiger partial charge in [0.05, 0.1) is 23.4 Å². The summed E-state index contributed by atoms with van der Waals surface area (Å²) in [7, 11) is 0. The Labute approximate surface area is 128 Å². The molecule has 0 atom stereocenters. The number of ether oxygens (including phenoxy) is 1. The lowest BCUT2D eigenvalue weighted by atomic mass is 10.2. The molecule has 2 rings (SSSR count). The van der Waals surface area contributed by atoms with Gasteiger partial charge in [-0.05, 0) is 13.8 Å². The lowest BCUT2D eigenvalue weighted by Crippen LogP contribution is -2.15. The van der Waals surface area contributed by atoms with E-state index in [0.717, 1.165) is 23.5 Å². The Hall–Kier alpha value is -1.73. The van der Waals surface area contributed by atoms with E-state index in [2.05, 4.69) is 20.4 Å². The first-order chi connectivity index (χ1) is 10.0. The number of thiazole rings is 1. The lowest BCUT2D eigenvalue weighted by Gasteiger charge is -2.14. The molecule has 21 heavy (non-hydrogen) atoms. The van der Waals surface area contributed by atoms with Gasteiger partial charge in [0, 0.05) is 17.2 Å². The number of aryl methyl sites for hydroxylation is 1. The van der Waals surface area contributed by atoms with Crippen LogP contribution in [-0.4, -0.2) is 21.6 Å². The van der Waals surface area contributed by atoms with Crippen LogP contribution in [0.15, 0.2) is 5.51 Å². The highest BCUT2D eigenvalue weighted by molar-refractivity contribution is 7.09. The van der Waals surface area contributed by atoms with E-state index in [1.807, 2.05) is 33.2 Å². The largest absolute Gasteiger partial charge is 0.477 e. The summed E-state index contributed by atoms with van der Waals surface area (Å²) in [5.74, 6) is 7.64. The fourth-order valence-corrected chi connectivity index (χ4v) is 2.62. The van der Waals surface area contributed by atoms with Crippen LogP contribution in [-0.2, 0) is 6.42 Å². The number of hydrazine groups is 1. The molecule has 6 nitrogen and oxygen atoms in total. The van der Waals surface area contributed by atoms with Gasteiger partial charge in [-0.25, -0.2) is 15.8 Å². The summed E-state index contributed by atoms with van der Waals surface area (Å²) in [6, 6.07) is 0. The number of nitrogens with two attached hydrogens (primary N) is 1. The SMILES string of the molecule is Cc1ncsc1CCOc1nc(C(C)C)nc(NN)c1C. The predicted octanol–water partition coefficient (Wildman–Crippen LogP) is 2.58. The molecule has 0 saturated carbocycles. The number of hydrogen-bond donors (Lipinski definition) is 2. The summed E-state index contributed by atoms with van der Waals surface area (Å²) in [6.07, 6.45) is 0.822. The molecule has 0 bridgehead atoms. The van der Waals surface area contributed by atoms with Crippen molar-refractivity contribution in [2.75, 3.05) is 12.0 Å². The highest BCUT2D eigenvalue weighted by Crippen LogP contribution is 2.24. The molecule has 0 fully saturated rings.